The van der Waals surface area contributed by atoms with E-state index in [9.17, 15) is 9.59 Å². The molecule has 0 aliphatic heterocycles. The van der Waals surface area contributed by atoms with Crippen molar-refractivity contribution in [2.45, 2.75) is 19.1 Å². The third-order valence-electron chi connectivity index (χ3n) is 3.79. The molecule has 0 saturated heterocycles. The van der Waals surface area contributed by atoms with E-state index in [1.165, 1.54) is 14.2 Å². The first-order valence-corrected chi connectivity index (χ1v) is 7.90. The lowest BCUT2D eigenvalue weighted by Gasteiger charge is -2.14. The molecule has 0 aliphatic rings. The number of carboxylic acid groups (broad SMARTS) is 1. The average Bonchev–Trinajstić information content (AvgIpc) is 2.66. The molecule has 138 valence electrons. The van der Waals surface area contributed by atoms with Crippen molar-refractivity contribution in [3.63, 3.8) is 0 Å². The van der Waals surface area contributed by atoms with Gasteiger partial charge in [0, 0.05) is 5.56 Å². The molecule has 7 heteroatoms. The minimum Gasteiger partial charge on any atom is -0.496 e. The number of ether oxygens (including phenoxy) is 3. The van der Waals surface area contributed by atoms with E-state index in [1.807, 2.05) is 0 Å². The molecule has 0 aromatic heterocycles. The first kappa shape index (κ1) is 19.3. The maximum atomic E-state index is 11.8. The normalized spacial score (nSPS) is 11.5. The minimum absolute atomic E-state index is 0.132. The predicted molar refractivity (Wildman–Crippen MR) is 94.4 cm³/mol. The molecule has 2 aromatic carbocycles. The highest BCUT2D eigenvalue weighted by molar-refractivity contribution is 5.92. The van der Waals surface area contributed by atoms with E-state index in [4.69, 9.17) is 25.1 Å². The van der Waals surface area contributed by atoms with E-state index in [0.29, 0.717) is 22.6 Å². The van der Waals surface area contributed by atoms with Gasteiger partial charge < -0.3 is 25.1 Å². The lowest BCUT2D eigenvalue weighted by molar-refractivity contribution is -0.138. The lowest BCUT2D eigenvalue weighted by Crippen LogP contribution is -2.32. The zero-order valence-corrected chi connectivity index (χ0v) is 14.6. The van der Waals surface area contributed by atoms with Gasteiger partial charge in [0.25, 0.3) is 0 Å². The first-order valence-electron chi connectivity index (χ1n) is 7.90. The van der Waals surface area contributed by atoms with Crippen molar-refractivity contribution in [1.29, 1.82) is 0 Å². The monoisotopic (exact) mass is 359 g/mol. The summed E-state index contributed by atoms with van der Waals surface area (Å²) in [6.07, 6.45) is 0.186. The highest BCUT2D eigenvalue weighted by atomic mass is 16.5. The van der Waals surface area contributed by atoms with E-state index < -0.39 is 18.0 Å². The molecular formula is C19H21NO6. The molecule has 0 spiro atoms. The fraction of sp³-hybridized carbons (Fsp3) is 0.263. The van der Waals surface area contributed by atoms with E-state index >= 15 is 0 Å². The maximum Gasteiger partial charge on any atom is 0.341 e. The number of hydrogen-bond donors (Lipinski definition) is 2. The molecule has 7 nitrogen and oxygen atoms in total. The number of benzene rings is 2. The van der Waals surface area contributed by atoms with Crippen molar-refractivity contribution in [2.75, 3.05) is 14.2 Å². The summed E-state index contributed by atoms with van der Waals surface area (Å²) in [7, 11) is 2.83. The number of methoxy groups -OCH3 is 2. The molecule has 1 atom stereocenters. The van der Waals surface area contributed by atoms with Gasteiger partial charge in [-0.1, -0.05) is 18.2 Å². The number of nitrogens with two attached hydrogens (primary N) is 1. The van der Waals surface area contributed by atoms with Gasteiger partial charge in [-0.05, 0) is 36.2 Å². The topological polar surface area (TPSA) is 108 Å². The van der Waals surface area contributed by atoms with Crippen LogP contribution in [0.3, 0.4) is 0 Å². The molecule has 1 unspecified atom stereocenters. The van der Waals surface area contributed by atoms with Crippen LogP contribution in [-0.2, 0) is 22.6 Å². The Morgan fingerprint density at radius 1 is 1.12 bits per heavy atom. The Balaban J connectivity index is 2.21. The Morgan fingerprint density at radius 2 is 1.85 bits per heavy atom. The Bertz CT molecular complexity index is 789. The van der Waals surface area contributed by atoms with Crippen molar-refractivity contribution in [2.24, 2.45) is 5.73 Å². The molecule has 0 amide bonds. The third kappa shape index (κ3) is 4.73. The fourth-order valence-corrected chi connectivity index (χ4v) is 2.44. The molecule has 0 saturated carbocycles. The van der Waals surface area contributed by atoms with Gasteiger partial charge in [0.1, 0.15) is 29.7 Å². The Hall–Kier alpha value is -3.06. The highest BCUT2D eigenvalue weighted by Gasteiger charge is 2.15. The molecule has 0 heterocycles. The smallest absolute Gasteiger partial charge is 0.341 e. The van der Waals surface area contributed by atoms with Crippen LogP contribution in [0.4, 0.5) is 0 Å². The number of para-hydroxylation sites is 1. The minimum atomic E-state index is -1.06. The lowest BCUT2D eigenvalue weighted by atomic mass is 10.0. The molecule has 2 rings (SSSR count). The largest absolute Gasteiger partial charge is 0.496 e. The summed E-state index contributed by atoms with van der Waals surface area (Å²) in [4.78, 5) is 22.7. The molecular weight excluding hydrogens is 338 g/mol. The molecule has 0 aliphatic carbocycles. The van der Waals surface area contributed by atoms with Gasteiger partial charge in [-0.2, -0.15) is 0 Å². The summed E-state index contributed by atoms with van der Waals surface area (Å²) < 4.78 is 15.8. The van der Waals surface area contributed by atoms with Gasteiger partial charge in [-0.15, -0.1) is 0 Å². The van der Waals surface area contributed by atoms with Gasteiger partial charge in [-0.3, -0.25) is 4.79 Å². The summed E-state index contributed by atoms with van der Waals surface area (Å²) in [6, 6.07) is 11.0. The summed E-state index contributed by atoms with van der Waals surface area (Å²) in [5.41, 5.74) is 7.37. The molecule has 0 radical (unpaired) electrons. The van der Waals surface area contributed by atoms with Gasteiger partial charge >= 0.3 is 11.9 Å². The Morgan fingerprint density at radius 3 is 2.50 bits per heavy atom. The van der Waals surface area contributed by atoms with Crippen molar-refractivity contribution >= 4 is 11.9 Å². The second kappa shape index (κ2) is 8.87. The SMILES string of the molecule is COC(=O)c1ccccc1OCc1cc(CC(N)C(=O)O)ccc1OC. The van der Waals surface area contributed by atoms with E-state index in [1.54, 1.807) is 42.5 Å². The average molecular weight is 359 g/mol. The van der Waals surface area contributed by atoms with Crippen LogP contribution in [0.2, 0.25) is 0 Å². The van der Waals surface area contributed by atoms with Crippen LogP contribution in [0, 0.1) is 0 Å². The van der Waals surface area contributed by atoms with E-state index in [-0.39, 0.29) is 13.0 Å². The highest BCUT2D eigenvalue weighted by Crippen LogP contribution is 2.25. The van der Waals surface area contributed by atoms with Crippen LogP contribution >= 0.6 is 0 Å². The molecule has 26 heavy (non-hydrogen) atoms. The van der Waals surface area contributed by atoms with Gasteiger partial charge in [-0.25, -0.2) is 4.79 Å². The van der Waals surface area contributed by atoms with Crippen molar-refractivity contribution in [3.8, 4) is 11.5 Å². The molecule has 0 fully saturated rings. The summed E-state index contributed by atoms with van der Waals surface area (Å²) in [6.45, 7) is 0.132. The summed E-state index contributed by atoms with van der Waals surface area (Å²) in [5.74, 6) is -0.582. The van der Waals surface area contributed by atoms with Gasteiger partial charge in [0.2, 0.25) is 0 Å². The van der Waals surface area contributed by atoms with E-state index in [2.05, 4.69) is 0 Å². The maximum absolute atomic E-state index is 11.8. The van der Waals surface area contributed by atoms with Crippen LogP contribution in [-0.4, -0.2) is 37.3 Å². The first-order chi connectivity index (χ1) is 12.5. The van der Waals surface area contributed by atoms with Crippen molar-refractivity contribution in [1.82, 2.24) is 0 Å². The number of rotatable bonds is 8. The Kier molecular flexibility index (Phi) is 6.57. The zero-order valence-electron chi connectivity index (χ0n) is 14.6. The Labute approximate surface area is 151 Å². The molecule has 3 N–H and O–H groups in total. The number of aliphatic carboxylic acids is 1. The standard InChI is InChI=1S/C19H21NO6/c1-24-16-8-7-12(10-15(20)18(21)22)9-13(16)11-26-17-6-4-3-5-14(17)19(23)25-2/h3-9,15H,10-11,20H2,1-2H3,(H,21,22). The van der Waals surface area contributed by atoms with Crippen molar-refractivity contribution in [3.05, 3.63) is 59.2 Å². The van der Waals surface area contributed by atoms with Crippen LogP contribution in [0.1, 0.15) is 21.5 Å². The summed E-state index contributed by atoms with van der Waals surface area (Å²) in [5, 5.41) is 8.95. The van der Waals surface area contributed by atoms with Crippen LogP contribution in [0.25, 0.3) is 0 Å². The second-order valence-corrected chi connectivity index (χ2v) is 5.57. The number of esters is 1. The number of carbonyl (C=O) groups excluding carboxylic acids is 1. The van der Waals surface area contributed by atoms with Crippen LogP contribution in [0.5, 0.6) is 11.5 Å². The van der Waals surface area contributed by atoms with Crippen LogP contribution in [0.15, 0.2) is 42.5 Å². The van der Waals surface area contributed by atoms with Gasteiger partial charge in [0.05, 0.1) is 14.2 Å². The number of hydrogen-bond acceptors (Lipinski definition) is 6. The van der Waals surface area contributed by atoms with E-state index in [0.717, 1.165) is 5.56 Å². The second-order valence-electron chi connectivity index (χ2n) is 5.57. The quantitative estimate of drug-likeness (QED) is 0.694. The fourth-order valence-electron chi connectivity index (χ4n) is 2.44. The molecule has 0 bridgehead atoms. The van der Waals surface area contributed by atoms with Gasteiger partial charge in [0.15, 0.2) is 0 Å². The molecule has 2 aromatic rings. The van der Waals surface area contributed by atoms with Crippen LogP contribution < -0.4 is 15.2 Å². The zero-order chi connectivity index (χ0) is 19.1. The number of carboxylic acids is 1. The third-order valence-corrected chi connectivity index (χ3v) is 3.79. The van der Waals surface area contributed by atoms with Crippen molar-refractivity contribution < 1.29 is 28.9 Å². The summed E-state index contributed by atoms with van der Waals surface area (Å²) >= 11 is 0. The number of carbonyl (C=O) groups is 2. The predicted octanol–water partition coefficient (Wildman–Crippen LogP) is 2.02.